The third-order valence-electron chi connectivity index (χ3n) is 6.53. The van der Waals surface area contributed by atoms with E-state index in [0.29, 0.717) is 12.6 Å². The summed E-state index contributed by atoms with van der Waals surface area (Å²) in [6.07, 6.45) is 11.8. The zero-order valence-corrected chi connectivity index (χ0v) is 16.4. The number of nitrogens with zero attached hydrogens (tertiary/aromatic N) is 3. The summed E-state index contributed by atoms with van der Waals surface area (Å²) in [6.45, 7) is 5.83. The summed E-state index contributed by atoms with van der Waals surface area (Å²) in [5.74, 6) is 0.872. The molecule has 146 valence electrons. The molecule has 0 radical (unpaired) electrons. The first-order valence-electron chi connectivity index (χ1n) is 10.7. The fourth-order valence-electron chi connectivity index (χ4n) is 5.03. The monoisotopic (exact) mass is 367 g/mol. The number of rotatable bonds is 6. The van der Waals surface area contributed by atoms with E-state index in [-0.39, 0.29) is 0 Å². The van der Waals surface area contributed by atoms with E-state index in [1.165, 1.54) is 55.0 Å². The molecule has 0 spiro atoms. The highest BCUT2D eigenvalue weighted by Gasteiger charge is 2.29. The van der Waals surface area contributed by atoms with Crippen molar-refractivity contribution in [1.82, 2.24) is 14.8 Å². The second-order valence-electron chi connectivity index (χ2n) is 8.41. The van der Waals surface area contributed by atoms with Crippen molar-refractivity contribution in [3.8, 4) is 0 Å². The van der Waals surface area contributed by atoms with E-state index < -0.39 is 0 Å². The highest BCUT2D eigenvalue weighted by atomic mass is 16.3. The van der Waals surface area contributed by atoms with Crippen LogP contribution in [0.4, 0.5) is 0 Å². The molecule has 4 heteroatoms. The average molecular weight is 368 g/mol. The minimum Gasteiger partial charge on any atom is -0.396 e. The van der Waals surface area contributed by atoms with Crippen molar-refractivity contribution in [2.45, 2.75) is 51.1 Å². The van der Waals surface area contributed by atoms with Crippen LogP contribution in [0.5, 0.6) is 0 Å². The average Bonchev–Trinajstić information content (AvgIpc) is 2.71. The zero-order valence-electron chi connectivity index (χ0n) is 16.4. The van der Waals surface area contributed by atoms with Crippen LogP contribution in [-0.2, 0) is 6.54 Å². The number of benzene rings is 1. The molecule has 0 amide bonds. The minimum atomic E-state index is 0.291. The van der Waals surface area contributed by atoms with Crippen molar-refractivity contribution in [3.05, 3.63) is 42.2 Å². The van der Waals surface area contributed by atoms with Crippen molar-refractivity contribution in [2.75, 3.05) is 32.8 Å². The van der Waals surface area contributed by atoms with Crippen LogP contribution in [0.25, 0.3) is 10.8 Å². The van der Waals surface area contributed by atoms with Gasteiger partial charge in [0.15, 0.2) is 0 Å². The molecule has 4 rings (SSSR count). The van der Waals surface area contributed by atoms with Crippen LogP contribution >= 0.6 is 0 Å². The van der Waals surface area contributed by atoms with Crippen LogP contribution in [-0.4, -0.2) is 58.7 Å². The standard InChI is InChI=1S/C23H33N3O/c27-14-10-22-18-25(12-13-26(22)16-19-5-2-1-3-6-19)17-21-8-4-7-20-15-24-11-9-23(20)21/h4,7-9,11,15,19,22,27H,1-3,5-6,10,12-14,16-18H2/t22-/m0/s1. The molecule has 2 aromatic rings. The first-order chi connectivity index (χ1) is 13.3. The van der Waals surface area contributed by atoms with E-state index >= 15 is 0 Å². The lowest BCUT2D eigenvalue weighted by Crippen LogP contribution is -2.54. The van der Waals surface area contributed by atoms with Gasteiger partial charge in [-0.1, -0.05) is 37.5 Å². The molecule has 2 heterocycles. The van der Waals surface area contributed by atoms with Crippen molar-refractivity contribution >= 4 is 10.8 Å². The van der Waals surface area contributed by atoms with Gasteiger partial charge in [-0.15, -0.1) is 0 Å². The third kappa shape index (κ3) is 4.68. The van der Waals surface area contributed by atoms with E-state index in [4.69, 9.17) is 0 Å². The number of aromatic nitrogens is 1. The predicted molar refractivity (Wildman–Crippen MR) is 111 cm³/mol. The second kappa shape index (κ2) is 9.13. The summed E-state index contributed by atoms with van der Waals surface area (Å²) in [5.41, 5.74) is 1.39. The largest absolute Gasteiger partial charge is 0.396 e. The lowest BCUT2D eigenvalue weighted by Gasteiger charge is -2.43. The normalized spacial score (nSPS) is 23.1. The van der Waals surface area contributed by atoms with E-state index in [0.717, 1.165) is 38.5 Å². The minimum absolute atomic E-state index is 0.291. The molecule has 1 aliphatic heterocycles. The van der Waals surface area contributed by atoms with Gasteiger partial charge in [-0.05, 0) is 42.2 Å². The molecule has 1 aliphatic carbocycles. The van der Waals surface area contributed by atoms with Gasteiger partial charge in [0.1, 0.15) is 0 Å². The van der Waals surface area contributed by atoms with E-state index in [1.807, 2.05) is 12.4 Å². The summed E-state index contributed by atoms with van der Waals surface area (Å²) in [7, 11) is 0. The van der Waals surface area contributed by atoms with E-state index in [2.05, 4.69) is 39.0 Å². The molecular formula is C23H33N3O. The van der Waals surface area contributed by atoms with Gasteiger partial charge in [0, 0.05) is 63.2 Å². The second-order valence-corrected chi connectivity index (χ2v) is 8.41. The van der Waals surface area contributed by atoms with E-state index in [1.54, 1.807) is 0 Å². The Labute approximate surface area is 163 Å². The number of fused-ring (bicyclic) bond motifs is 1. The maximum Gasteiger partial charge on any atom is 0.0446 e. The van der Waals surface area contributed by atoms with Crippen LogP contribution in [0.1, 0.15) is 44.1 Å². The molecule has 1 atom stereocenters. The maximum absolute atomic E-state index is 9.61. The molecule has 0 unspecified atom stereocenters. The molecule has 1 aromatic heterocycles. The lowest BCUT2D eigenvalue weighted by atomic mass is 9.88. The van der Waals surface area contributed by atoms with Crippen molar-refractivity contribution in [3.63, 3.8) is 0 Å². The predicted octanol–water partition coefficient (Wildman–Crippen LogP) is 3.68. The third-order valence-corrected chi connectivity index (χ3v) is 6.53. The van der Waals surface area contributed by atoms with Gasteiger partial charge < -0.3 is 5.11 Å². The Hall–Kier alpha value is -1.49. The van der Waals surface area contributed by atoms with Crippen LogP contribution in [0.15, 0.2) is 36.7 Å². The number of hydrogen-bond donors (Lipinski definition) is 1. The van der Waals surface area contributed by atoms with Gasteiger partial charge in [0.2, 0.25) is 0 Å². The number of pyridine rings is 1. The summed E-state index contributed by atoms with van der Waals surface area (Å²) in [6, 6.07) is 9.15. The van der Waals surface area contributed by atoms with Crippen LogP contribution in [0.2, 0.25) is 0 Å². The van der Waals surface area contributed by atoms with E-state index in [9.17, 15) is 5.11 Å². The van der Waals surface area contributed by atoms with Gasteiger partial charge in [0.25, 0.3) is 0 Å². The Bertz CT molecular complexity index is 723. The maximum atomic E-state index is 9.61. The number of aliphatic hydroxyl groups is 1. The van der Waals surface area contributed by atoms with Gasteiger partial charge >= 0.3 is 0 Å². The van der Waals surface area contributed by atoms with Crippen LogP contribution in [0.3, 0.4) is 0 Å². The van der Waals surface area contributed by atoms with Gasteiger partial charge in [-0.3, -0.25) is 14.8 Å². The molecular weight excluding hydrogens is 334 g/mol. The quantitative estimate of drug-likeness (QED) is 0.845. The Morgan fingerprint density at radius 1 is 1.07 bits per heavy atom. The molecule has 1 saturated heterocycles. The number of piperazine rings is 1. The Morgan fingerprint density at radius 3 is 2.81 bits per heavy atom. The molecule has 1 saturated carbocycles. The first kappa shape index (κ1) is 18.9. The molecule has 2 aliphatic rings. The van der Waals surface area contributed by atoms with Crippen LogP contribution in [0, 0.1) is 5.92 Å². The summed E-state index contributed by atoms with van der Waals surface area (Å²) in [4.78, 5) is 9.51. The summed E-state index contributed by atoms with van der Waals surface area (Å²) in [5, 5.41) is 12.1. The summed E-state index contributed by atoms with van der Waals surface area (Å²) >= 11 is 0. The molecule has 1 N–H and O–H groups in total. The number of hydrogen-bond acceptors (Lipinski definition) is 4. The van der Waals surface area contributed by atoms with Crippen molar-refractivity contribution < 1.29 is 5.11 Å². The Morgan fingerprint density at radius 2 is 1.96 bits per heavy atom. The molecule has 2 fully saturated rings. The number of aliphatic hydroxyl groups excluding tert-OH is 1. The SMILES string of the molecule is OCC[C@H]1CN(Cc2cccc3cnccc23)CCN1CC1CCCCC1. The lowest BCUT2D eigenvalue weighted by molar-refractivity contribution is 0.0402. The highest BCUT2D eigenvalue weighted by Crippen LogP contribution is 2.27. The molecule has 27 heavy (non-hydrogen) atoms. The molecule has 1 aromatic carbocycles. The Balaban J connectivity index is 1.41. The Kier molecular flexibility index (Phi) is 6.38. The van der Waals surface area contributed by atoms with Gasteiger partial charge in [-0.25, -0.2) is 0 Å². The van der Waals surface area contributed by atoms with Crippen LogP contribution < -0.4 is 0 Å². The topological polar surface area (TPSA) is 39.6 Å². The highest BCUT2D eigenvalue weighted by molar-refractivity contribution is 5.84. The zero-order chi connectivity index (χ0) is 18.5. The molecule has 4 nitrogen and oxygen atoms in total. The van der Waals surface area contributed by atoms with Crippen molar-refractivity contribution in [1.29, 1.82) is 0 Å². The summed E-state index contributed by atoms with van der Waals surface area (Å²) < 4.78 is 0. The van der Waals surface area contributed by atoms with Gasteiger partial charge in [-0.2, -0.15) is 0 Å². The molecule has 0 bridgehead atoms. The smallest absolute Gasteiger partial charge is 0.0446 e. The fourth-order valence-corrected chi connectivity index (χ4v) is 5.03. The fraction of sp³-hybridized carbons (Fsp3) is 0.609. The first-order valence-corrected chi connectivity index (χ1v) is 10.7. The van der Waals surface area contributed by atoms with Crippen molar-refractivity contribution in [2.24, 2.45) is 5.92 Å². The van der Waals surface area contributed by atoms with Gasteiger partial charge in [0.05, 0.1) is 0 Å².